The Hall–Kier alpha value is -2.06. The van der Waals surface area contributed by atoms with E-state index < -0.39 is 129 Å². The molecule has 0 aliphatic carbocycles. The summed E-state index contributed by atoms with van der Waals surface area (Å²) in [6, 6.07) is 0. The van der Waals surface area contributed by atoms with Gasteiger partial charge >= 0.3 is 12.2 Å². The van der Waals surface area contributed by atoms with Crippen molar-refractivity contribution in [2.75, 3.05) is 230 Å². The summed E-state index contributed by atoms with van der Waals surface area (Å²) >= 11 is 1.96. The average Bonchev–Trinajstić information content (AvgIpc) is 1.60. The van der Waals surface area contributed by atoms with Crippen LogP contribution in [0.4, 0.5) is 9.59 Å². The number of hydrogen-bond donors (Lipinski definition) is 2. The maximum atomic E-state index is 11.5. The smallest absolute Gasteiger partial charge is 0.410 e. The van der Waals surface area contributed by atoms with Crippen molar-refractivity contribution in [3.05, 3.63) is 12.2 Å². The summed E-state index contributed by atoms with van der Waals surface area (Å²) in [6.45, 7) is 13.2. The quantitative estimate of drug-likeness (QED) is 0.0659. The first-order valence-electron chi connectivity index (χ1n) is 32.3. The van der Waals surface area contributed by atoms with Gasteiger partial charge in [0.2, 0.25) is 70.2 Å². The second kappa shape index (κ2) is 36.4. The van der Waals surface area contributed by atoms with Crippen LogP contribution in [0.2, 0.25) is 0 Å². The molecule has 608 valence electrons. The van der Waals surface area contributed by atoms with E-state index in [0.717, 1.165) is 30.6 Å². The molecule has 11 rings (SSSR count). The van der Waals surface area contributed by atoms with Gasteiger partial charge in [0.15, 0.2) is 11.2 Å². The second-order valence-corrected chi connectivity index (χ2v) is 40.7. The molecule has 11 heterocycles. The molecule has 2 N–H and O–H groups in total. The minimum Gasteiger partial charge on any atom is -0.437 e. The molecule has 2 amide bonds. The number of β-amino-alcohol motifs (C(OH)–C–C–N with tert-alkyl or cyclic N) is 2. The number of epoxide rings is 2. The third-order valence-electron chi connectivity index (χ3n) is 19.4. The predicted octanol–water partition coefficient (Wildman–Crippen LogP) is -3.36. The molecule has 0 bridgehead atoms. The summed E-state index contributed by atoms with van der Waals surface area (Å²) in [5.41, 5.74) is -3.68. The minimum absolute atomic E-state index is 0. The van der Waals surface area contributed by atoms with E-state index in [1.807, 2.05) is 36.4 Å². The zero-order chi connectivity index (χ0) is 79.1. The van der Waals surface area contributed by atoms with Crippen molar-refractivity contribution >= 4 is 105 Å². The molecule has 4 spiro atoms. The topological polar surface area (TPSA) is 451 Å². The molecule has 11 saturated heterocycles. The van der Waals surface area contributed by atoms with Crippen molar-refractivity contribution in [1.29, 1.82) is 0 Å². The van der Waals surface area contributed by atoms with Gasteiger partial charge in [0.25, 0.3) is 0 Å². The Kier molecular flexibility index (Phi) is 33.0. The summed E-state index contributed by atoms with van der Waals surface area (Å²) in [5, 5.41) is 20.1. The van der Waals surface area contributed by atoms with Gasteiger partial charge in [0.05, 0.1) is 89.3 Å². The predicted molar refractivity (Wildman–Crippen MR) is 388 cm³/mol. The molecule has 103 heavy (non-hydrogen) atoms. The number of amides is 2. The summed E-state index contributed by atoms with van der Waals surface area (Å²) in [4.78, 5) is 26.2. The number of rotatable bonds is 16. The lowest BCUT2D eigenvalue weighted by Gasteiger charge is -2.26. The van der Waals surface area contributed by atoms with Gasteiger partial charge in [0.1, 0.15) is 59.0 Å². The molecule has 0 radical (unpaired) electrons. The fourth-order valence-electron chi connectivity index (χ4n) is 12.8. The van der Waals surface area contributed by atoms with E-state index in [2.05, 4.69) is 6.58 Å². The fourth-order valence-corrected chi connectivity index (χ4v) is 18.8. The van der Waals surface area contributed by atoms with E-state index in [0.29, 0.717) is 83.3 Å². The van der Waals surface area contributed by atoms with Crippen LogP contribution in [-0.4, -0.2) is 428 Å². The van der Waals surface area contributed by atoms with Crippen LogP contribution >= 0.6 is 22.6 Å². The largest absolute Gasteiger partial charge is 0.437 e. The Bertz CT molecular complexity index is 3540. The van der Waals surface area contributed by atoms with E-state index in [1.54, 1.807) is 35.4 Å². The molecule has 0 saturated carbocycles. The number of aliphatic hydroxyl groups is 2. The molecular formula is C57H112IN9O29S7. The highest BCUT2D eigenvalue weighted by atomic mass is 127. The SMILES string of the molecule is C.C=C1CN(S(C)(=O)=O)C[C@@H]1OC.CC[C@@]1(O)CN(S(C)(=O)=O)C[C@@H]1OC.CC[C@]1(O)CN(S(C)(=O)=O)C[C@@H]1OC.CO[C@H]1CN(S(C)(=O)=O)C[C@@]12CN(C)C(=O)O2.CO[C@H]1CN(S(C)(=O)=O)C[C@@]12CO2.CO[C@H]1CN(S(C)(=O)=O)C[C@]12CN(C)C(=O)O2.CO[C@H]1CN(S(C)(=O)=O)C[C@]12CO2.[2H]CI. The van der Waals surface area contributed by atoms with Gasteiger partial charge in [-0.3, -0.25) is 0 Å². The van der Waals surface area contributed by atoms with Crippen molar-refractivity contribution in [2.45, 2.75) is 110 Å². The normalized spacial score (nSPS) is 34.3. The standard InChI is InChI=1S/2C9H16N2O5S.2C8H17NO4S.2C7H13NO4S.C7H13NO3S.CH3I.CH4/c2*1-10-5-9(16-8(10)12)6-11(17(3,13)14)4-7(9)15-2;2*1-4-8(10)6-9(14(3,11)12)5-7(8)13-2;2*1-11-6-3-8(13(2,9)10)4-7(6)5-12-7;1-6-4-8(12(3,9)10)5-7(6)11-2;1-2;/h2*7H,4-6H2,1-3H3;2*7,10H,4-6H2,1-3H3;2*6H,3-5H2,1-2H3;7H,1,4-5H2,2-3H3;1H3;1H4/t7-,9+;7-,9-;7-,8+;7-,8-;6-,7+;6-,7-;7-;;/m0000000../s1/i;;;;;;;1D;. The van der Waals surface area contributed by atoms with Crippen molar-refractivity contribution in [2.24, 2.45) is 0 Å². The van der Waals surface area contributed by atoms with E-state index in [4.69, 9.17) is 53.5 Å². The molecule has 0 unspecified atom stereocenters. The summed E-state index contributed by atoms with van der Waals surface area (Å²) in [5.74, 6) is 0. The van der Waals surface area contributed by atoms with Crippen LogP contribution in [0.5, 0.6) is 0 Å². The van der Waals surface area contributed by atoms with Crippen LogP contribution in [0.3, 0.4) is 0 Å². The van der Waals surface area contributed by atoms with Crippen LogP contribution in [0, 0.1) is 0 Å². The highest BCUT2D eigenvalue weighted by Crippen LogP contribution is 2.42. The summed E-state index contributed by atoms with van der Waals surface area (Å²) in [6.07, 6.45) is 6.19. The third-order valence-corrected chi connectivity index (χ3v) is 27.9. The Balaban J connectivity index is 0.000000313. The number of halogens is 1. The van der Waals surface area contributed by atoms with Crippen LogP contribution in [-0.2, 0) is 122 Å². The fraction of sp³-hybridized carbons (Fsp3) is 0.930. The number of ether oxygens (including phenoxy) is 11. The number of methoxy groups -OCH3 is 7. The van der Waals surface area contributed by atoms with E-state index >= 15 is 0 Å². The van der Waals surface area contributed by atoms with E-state index in [9.17, 15) is 78.7 Å². The molecule has 13 atom stereocenters. The molecule has 0 aromatic heterocycles. The van der Waals surface area contributed by atoms with Crippen LogP contribution in [0.25, 0.3) is 0 Å². The number of alkyl halides is 1. The van der Waals surface area contributed by atoms with E-state index in [-0.39, 0.29) is 89.3 Å². The first kappa shape index (κ1) is 93.3. The molecule has 11 fully saturated rings. The zero-order valence-electron chi connectivity index (χ0n) is 62.3. The molecule has 46 heteroatoms. The van der Waals surface area contributed by atoms with Gasteiger partial charge in [-0.05, 0) is 23.3 Å². The molecule has 38 nitrogen and oxygen atoms in total. The van der Waals surface area contributed by atoms with Crippen LogP contribution in [0.1, 0.15) is 35.5 Å². The van der Waals surface area contributed by atoms with Crippen molar-refractivity contribution in [3.63, 3.8) is 0 Å². The highest BCUT2D eigenvalue weighted by molar-refractivity contribution is 14.1. The van der Waals surface area contributed by atoms with Crippen molar-refractivity contribution in [3.8, 4) is 0 Å². The van der Waals surface area contributed by atoms with Crippen molar-refractivity contribution in [1.82, 2.24) is 39.9 Å². The van der Waals surface area contributed by atoms with Gasteiger partial charge in [-0.2, -0.15) is 30.1 Å². The zero-order valence-corrected chi connectivity index (χ0v) is 69.1. The summed E-state index contributed by atoms with van der Waals surface area (Å²) in [7, 11) is -8.45. The lowest BCUT2D eigenvalue weighted by molar-refractivity contribution is -0.0622. The third kappa shape index (κ3) is 24.0. The van der Waals surface area contributed by atoms with Gasteiger partial charge in [-0.1, -0.05) is 50.4 Å². The van der Waals surface area contributed by atoms with Gasteiger partial charge in [-0.25, -0.2) is 68.5 Å². The molecule has 0 aromatic rings. The monoisotopic (exact) mass is 1740 g/mol. The molecule has 11 aliphatic heterocycles. The molecule has 0 aromatic carbocycles. The minimum atomic E-state index is -3.30. The number of likely N-dealkylation sites (N-methyl/N-ethyl adjacent to an activating group) is 2. The van der Waals surface area contributed by atoms with Gasteiger partial charge < -0.3 is 72.1 Å². The van der Waals surface area contributed by atoms with Crippen LogP contribution < -0.4 is 0 Å². The molecular weight excluding hydrogens is 1630 g/mol. The van der Waals surface area contributed by atoms with E-state index in [1.165, 1.54) is 87.1 Å². The Morgan fingerprint density at radius 1 is 0.427 bits per heavy atom. The number of carbonyl (C=O) groups excluding carboxylic acids is 2. The number of nitrogens with zero attached hydrogens (tertiary/aromatic N) is 9. The lowest BCUT2D eigenvalue weighted by Crippen LogP contribution is -2.46. The number of sulfonamides is 7. The second-order valence-electron chi connectivity index (χ2n) is 26.8. The highest BCUT2D eigenvalue weighted by Gasteiger charge is 2.62. The maximum Gasteiger partial charge on any atom is 0.410 e. The van der Waals surface area contributed by atoms with Gasteiger partial charge in [0, 0.05) is 144 Å². The Labute approximate surface area is 625 Å². The summed E-state index contributed by atoms with van der Waals surface area (Å²) < 4.78 is 231. The van der Waals surface area contributed by atoms with Crippen molar-refractivity contribution < 1.29 is 132 Å². The Morgan fingerprint density at radius 2 is 0.650 bits per heavy atom. The Morgan fingerprint density at radius 3 is 0.806 bits per heavy atom. The number of hydrogen-bond acceptors (Lipinski definition) is 29. The lowest BCUT2D eigenvalue weighted by atomic mass is 9.97. The first-order valence-corrected chi connectivity index (χ1v) is 46.0. The van der Waals surface area contributed by atoms with Crippen LogP contribution in [0.15, 0.2) is 12.2 Å². The number of carbonyl (C=O) groups is 2. The van der Waals surface area contributed by atoms with Gasteiger partial charge in [-0.15, -0.1) is 0 Å². The first-order chi connectivity index (χ1) is 47.0. The maximum absolute atomic E-state index is 11.5. The average molecular weight is 1740 g/mol. The molecule has 11 aliphatic rings.